The second-order valence-corrected chi connectivity index (χ2v) is 3.68. The molecule has 0 saturated carbocycles. The Labute approximate surface area is 74.6 Å². The molecule has 0 aliphatic rings. The average Bonchev–Trinajstić information content (AvgIpc) is 2.47. The molecular formula is C8H9N3S. The third kappa shape index (κ3) is 1.08. The minimum Gasteiger partial charge on any atom is -0.250 e. The van der Waals surface area contributed by atoms with E-state index in [0.29, 0.717) is 5.92 Å². The number of rotatable bonds is 1. The van der Waals surface area contributed by atoms with Crippen molar-refractivity contribution >= 4 is 21.9 Å². The number of fused-ring (bicyclic) bond motifs is 1. The topological polar surface area (TPSA) is 38.7 Å². The maximum atomic E-state index is 4.31. The van der Waals surface area contributed by atoms with Crippen LogP contribution in [0.15, 0.2) is 12.4 Å². The fourth-order valence-electron chi connectivity index (χ4n) is 1.08. The lowest BCUT2D eigenvalue weighted by Gasteiger charge is -1.97. The van der Waals surface area contributed by atoms with Crippen LogP contribution in [0.4, 0.5) is 0 Å². The standard InChI is InChI=1S/C8H9N3S/c1-5(2)6-7-8(12-11-6)10-4-3-9-7/h3-5H,1-2H3. The Morgan fingerprint density at radius 2 is 2.00 bits per heavy atom. The molecule has 2 rings (SSSR count). The smallest absolute Gasteiger partial charge is 0.162 e. The maximum Gasteiger partial charge on any atom is 0.162 e. The van der Waals surface area contributed by atoms with Gasteiger partial charge in [0, 0.05) is 12.4 Å². The normalized spacial score (nSPS) is 11.2. The molecule has 0 aliphatic heterocycles. The van der Waals surface area contributed by atoms with Gasteiger partial charge in [-0.05, 0) is 17.5 Å². The van der Waals surface area contributed by atoms with E-state index in [1.54, 1.807) is 12.4 Å². The Bertz CT molecular complexity index is 394. The summed E-state index contributed by atoms with van der Waals surface area (Å²) >= 11 is 1.42. The lowest BCUT2D eigenvalue weighted by atomic mass is 10.1. The molecule has 0 aliphatic carbocycles. The van der Waals surface area contributed by atoms with Crippen molar-refractivity contribution < 1.29 is 0 Å². The van der Waals surface area contributed by atoms with Gasteiger partial charge < -0.3 is 0 Å². The molecule has 4 heteroatoms. The average molecular weight is 179 g/mol. The van der Waals surface area contributed by atoms with Crippen LogP contribution >= 0.6 is 11.5 Å². The fraction of sp³-hybridized carbons (Fsp3) is 0.375. The largest absolute Gasteiger partial charge is 0.250 e. The van der Waals surface area contributed by atoms with Gasteiger partial charge in [-0.2, -0.15) is 4.37 Å². The molecule has 62 valence electrons. The van der Waals surface area contributed by atoms with E-state index < -0.39 is 0 Å². The summed E-state index contributed by atoms with van der Waals surface area (Å²) in [5.74, 6) is 0.426. The summed E-state index contributed by atoms with van der Waals surface area (Å²) < 4.78 is 4.31. The molecule has 2 heterocycles. The van der Waals surface area contributed by atoms with Gasteiger partial charge in [-0.3, -0.25) is 4.98 Å². The molecule has 2 aromatic heterocycles. The molecule has 2 aromatic rings. The molecule has 0 spiro atoms. The lowest BCUT2D eigenvalue weighted by Crippen LogP contribution is -1.88. The van der Waals surface area contributed by atoms with E-state index in [2.05, 4.69) is 28.2 Å². The van der Waals surface area contributed by atoms with Crippen LogP contribution in [0.1, 0.15) is 25.5 Å². The van der Waals surface area contributed by atoms with E-state index in [1.807, 2.05) is 0 Å². The van der Waals surface area contributed by atoms with Gasteiger partial charge >= 0.3 is 0 Å². The Hall–Kier alpha value is -1.03. The highest BCUT2D eigenvalue weighted by atomic mass is 32.1. The van der Waals surface area contributed by atoms with Gasteiger partial charge in [-0.15, -0.1) is 0 Å². The summed E-state index contributed by atoms with van der Waals surface area (Å²) in [6.45, 7) is 4.23. The zero-order valence-corrected chi connectivity index (χ0v) is 7.80. The van der Waals surface area contributed by atoms with Gasteiger partial charge in [-0.1, -0.05) is 13.8 Å². The first-order valence-electron chi connectivity index (χ1n) is 3.85. The van der Waals surface area contributed by atoms with Crippen molar-refractivity contribution in [1.82, 2.24) is 14.3 Å². The van der Waals surface area contributed by atoms with E-state index in [0.717, 1.165) is 16.0 Å². The molecule has 0 radical (unpaired) electrons. The molecule has 0 amide bonds. The highest BCUT2D eigenvalue weighted by Crippen LogP contribution is 2.23. The molecule has 0 atom stereocenters. The van der Waals surface area contributed by atoms with Gasteiger partial charge in [0.15, 0.2) is 4.83 Å². The Balaban J connectivity index is 2.70. The van der Waals surface area contributed by atoms with Crippen LogP contribution in [0.5, 0.6) is 0 Å². The molecule has 0 N–H and O–H groups in total. The van der Waals surface area contributed by atoms with Crippen molar-refractivity contribution in [3.8, 4) is 0 Å². The molecule has 0 saturated heterocycles. The van der Waals surface area contributed by atoms with Gasteiger partial charge in [0.1, 0.15) is 5.52 Å². The predicted octanol–water partition coefficient (Wildman–Crippen LogP) is 2.21. The van der Waals surface area contributed by atoms with Gasteiger partial charge in [0.05, 0.1) is 5.69 Å². The maximum absolute atomic E-state index is 4.31. The molecule has 0 unspecified atom stereocenters. The van der Waals surface area contributed by atoms with Crippen LogP contribution in [0.3, 0.4) is 0 Å². The summed E-state index contributed by atoms with van der Waals surface area (Å²) in [5, 5.41) is 0. The van der Waals surface area contributed by atoms with Crippen molar-refractivity contribution in [3.05, 3.63) is 18.1 Å². The summed E-state index contributed by atoms with van der Waals surface area (Å²) in [7, 11) is 0. The fourth-order valence-corrected chi connectivity index (χ4v) is 1.92. The van der Waals surface area contributed by atoms with Crippen molar-refractivity contribution in [1.29, 1.82) is 0 Å². The first kappa shape index (κ1) is 7.61. The SMILES string of the molecule is CC(C)c1nsc2nccnc12. The van der Waals surface area contributed by atoms with Crippen molar-refractivity contribution in [3.63, 3.8) is 0 Å². The first-order valence-corrected chi connectivity index (χ1v) is 4.62. The zero-order chi connectivity index (χ0) is 8.55. The molecule has 0 bridgehead atoms. The molecular weight excluding hydrogens is 170 g/mol. The molecule has 12 heavy (non-hydrogen) atoms. The van der Waals surface area contributed by atoms with E-state index in [-0.39, 0.29) is 0 Å². The monoisotopic (exact) mass is 179 g/mol. The highest BCUT2D eigenvalue weighted by molar-refractivity contribution is 7.12. The molecule has 0 aromatic carbocycles. The quantitative estimate of drug-likeness (QED) is 0.673. The third-order valence-corrected chi connectivity index (χ3v) is 2.44. The molecule has 0 fully saturated rings. The van der Waals surface area contributed by atoms with Crippen molar-refractivity contribution in [2.24, 2.45) is 0 Å². The van der Waals surface area contributed by atoms with E-state index in [4.69, 9.17) is 0 Å². The second-order valence-electron chi connectivity index (χ2n) is 2.93. The van der Waals surface area contributed by atoms with Crippen LogP contribution in [0.2, 0.25) is 0 Å². The number of hydrogen-bond donors (Lipinski definition) is 0. The summed E-state index contributed by atoms with van der Waals surface area (Å²) in [5.41, 5.74) is 2.01. The van der Waals surface area contributed by atoms with E-state index in [9.17, 15) is 0 Å². The van der Waals surface area contributed by atoms with Crippen molar-refractivity contribution in [2.75, 3.05) is 0 Å². The minimum atomic E-state index is 0.426. The number of aromatic nitrogens is 3. The van der Waals surface area contributed by atoms with Crippen molar-refractivity contribution in [2.45, 2.75) is 19.8 Å². The van der Waals surface area contributed by atoms with Crippen LogP contribution in [0.25, 0.3) is 10.3 Å². The Morgan fingerprint density at radius 3 is 2.75 bits per heavy atom. The van der Waals surface area contributed by atoms with Crippen LogP contribution in [-0.4, -0.2) is 14.3 Å². The predicted molar refractivity (Wildman–Crippen MR) is 49.3 cm³/mol. The van der Waals surface area contributed by atoms with Crippen LogP contribution in [-0.2, 0) is 0 Å². The second kappa shape index (κ2) is 2.79. The van der Waals surface area contributed by atoms with Gasteiger partial charge in [-0.25, -0.2) is 4.98 Å². The third-order valence-electron chi connectivity index (χ3n) is 1.68. The van der Waals surface area contributed by atoms with E-state index >= 15 is 0 Å². The first-order chi connectivity index (χ1) is 5.79. The zero-order valence-electron chi connectivity index (χ0n) is 6.98. The molecule has 3 nitrogen and oxygen atoms in total. The van der Waals surface area contributed by atoms with Crippen LogP contribution in [0, 0.1) is 0 Å². The number of hydrogen-bond acceptors (Lipinski definition) is 4. The summed E-state index contributed by atoms with van der Waals surface area (Å²) in [4.78, 5) is 9.36. The summed E-state index contributed by atoms with van der Waals surface area (Å²) in [6, 6.07) is 0. The van der Waals surface area contributed by atoms with Crippen LogP contribution < -0.4 is 0 Å². The Kier molecular flexibility index (Phi) is 1.77. The Morgan fingerprint density at radius 1 is 1.25 bits per heavy atom. The van der Waals surface area contributed by atoms with Gasteiger partial charge in [0.2, 0.25) is 0 Å². The summed E-state index contributed by atoms with van der Waals surface area (Å²) in [6.07, 6.45) is 3.41. The highest BCUT2D eigenvalue weighted by Gasteiger charge is 2.10. The van der Waals surface area contributed by atoms with E-state index in [1.165, 1.54) is 11.5 Å². The minimum absolute atomic E-state index is 0.426. The number of nitrogens with zero attached hydrogens (tertiary/aromatic N) is 3. The van der Waals surface area contributed by atoms with Gasteiger partial charge in [0.25, 0.3) is 0 Å². The lowest BCUT2D eigenvalue weighted by molar-refractivity contribution is 0.846.